The van der Waals surface area contributed by atoms with Crippen LogP contribution in [0.2, 0.25) is 0 Å². The van der Waals surface area contributed by atoms with Gasteiger partial charge in [-0.15, -0.1) is 0 Å². The Hall–Kier alpha value is -2.00. The van der Waals surface area contributed by atoms with E-state index in [2.05, 4.69) is 20.7 Å². The van der Waals surface area contributed by atoms with E-state index in [1.165, 1.54) is 6.33 Å². The molecule has 1 aromatic heterocycles. The molecule has 1 aliphatic heterocycles. The van der Waals surface area contributed by atoms with Crippen LogP contribution in [0.4, 0.5) is 17.3 Å². The number of rotatable bonds is 4. The highest BCUT2D eigenvalue weighted by atomic mass is 16.6. The molecule has 2 heterocycles. The van der Waals surface area contributed by atoms with Crippen molar-refractivity contribution < 1.29 is 9.66 Å². The fourth-order valence-electron chi connectivity index (χ4n) is 1.80. The van der Waals surface area contributed by atoms with Crippen molar-refractivity contribution in [2.45, 2.75) is 18.9 Å². The molecular weight excluding hydrogens is 240 g/mol. The second-order valence-electron chi connectivity index (χ2n) is 4.31. The summed E-state index contributed by atoms with van der Waals surface area (Å²) >= 11 is 0. The number of nitro groups is 1. The summed E-state index contributed by atoms with van der Waals surface area (Å²) in [4.78, 5) is 18.1. The van der Waals surface area contributed by atoms with Crippen LogP contribution in [0.25, 0.3) is 0 Å². The number of aromatic nitrogens is 2. The molecule has 2 rings (SSSR count). The van der Waals surface area contributed by atoms with Gasteiger partial charge in [-0.2, -0.15) is 0 Å². The van der Waals surface area contributed by atoms with Crippen LogP contribution in [-0.4, -0.2) is 33.6 Å². The van der Waals surface area contributed by atoms with Crippen molar-refractivity contribution in [2.75, 3.05) is 24.0 Å². The summed E-state index contributed by atoms with van der Waals surface area (Å²) in [7, 11) is 0. The predicted octanol–water partition coefficient (Wildman–Crippen LogP) is 0.261. The summed E-state index contributed by atoms with van der Waals surface area (Å²) in [5, 5.41) is 14.1. The Kier molecular flexibility index (Phi) is 3.26. The Balaban J connectivity index is 2.35. The lowest BCUT2D eigenvalue weighted by Gasteiger charge is -2.23. The van der Waals surface area contributed by atoms with Crippen LogP contribution in [-0.2, 0) is 4.74 Å². The van der Waals surface area contributed by atoms with Crippen molar-refractivity contribution in [1.82, 2.24) is 9.97 Å². The molecule has 1 aromatic rings. The summed E-state index contributed by atoms with van der Waals surface area (Å²) in [6.07, 6.45) is 1.96. The second-order valence-corrected chi connectivity index (χ2v) is 4.31. The number of nitrogens with zero attached hydrogens (tertiary/aromatic N) is 3. The van der Waals surface area contributed by atoms with E-state index in [-0.39, 0.29) is 22.9 Å². The lowest BCUT2D eigenvalue weighted by molar-refractivity contribution is -0.383. The smallest absolute Gasteiger partial charge is 0.354 e. The van der Waals surface area contributed by atoms with Gasteiger partial charge in [0.05, 0.1) is 17.1 Å². The summed E-state index contributed by atoms with van der Waals surface area (Å²) < 4.78 is 5.27. The maximum atomic E-state index is 11.0. The van der Waals surface area contributed by atoms with Gasteiger partial charge >= 0.3 is 5.69 Å². The van der Waals surface area contributed by atoms with Crippen LogP contribution in [0, 0.1) is 10.1 Å². The number of hydrazine groups is 1. The molecule has 0 saturated carbocycles. The van der Waals surface area contributed by atoms with E-state index in [1.54, 1.807) is 0 Å². The zero-order valence-corrected chi connectivity index (χ0v) is 9.84. The van der Waals surface area contributed by atoms with Gasteiger partial charge in [-0.3, -0.25) is 10.1 Å². The van der Waals surface area contributed by atoms with E-state index < -0.39 is 4.92 Å². The molecule has 0 bridgehead atoms. The van der Waals surface area contributed by atoms with Crippen molar-refractivity contribution in [1.29, 1.82) is 0 Å². The van der Waals surface area contributed by atoms with Crippen LogP contribution in [0.3, 0.4) is 0 Å². The van der Waals surface area contributed by atoms with E-state index in [9.17, 15) is 10.1 Å². The maximum absolute atomic E-state index is 11.0. The van der Waals surface area contributed by atoms with E-state index >= 15 is 0 Å². The molecule has 18 heavy (non-hydrogen) atoms. The first kappa shape index (κ1) is 12.5. The zero-order chi connectivity index (χ0) is 13.2. The predicted molar refractivity (Wildman–Crippen MR) is 64.0 cm³/mol. The fourth-order valence-corrected chi connectivity index (χ4v) is 1.80. The van der Waals surface area contributed by atoms with Crippen LogP contribution < -0.4 is 16.6 Å². The zero-order valence-electron chi connectivity index (χ0n) is 9.84. The molecule has 1 aliphatic rings. The Morgan fingerprint density at radius 2 is 2.28 bits per heavy atom. The molecule has 98 valence electrons. The molecular formula is C9H14N6O3. The Morgan fingerprint density at radius 3 is 2.83 bits per heavy atom. The SMILES string of the molecule is CC1(Nc2ncnc(NN)c2[N+](=O)[O-])CCOC1. The van der Waals surface area contributed by atoms with Crippen LogP contribution in [0.1, 0.15) is 13.3 Å². The molecule has 9 heteroatoms. The first-order valence-electron chi connectivity index (χ1n) is 5.38. The Bertz CT molecular complexity index is 460. The van der Waals surface area contributed by atoms with E-state index in [4.69, 9.17) is 10.6 Å². The molecule has 9 nitrogen and oxygen atoms in total. The van der Waals surface area contributed by atoms with Gasteiger partial charge in [0, 0.05) is 6.61 Å². The topological polar surface area (TPSA) is 128 Å². The van der Waals surface area contributed by atoms with E-state index in [0.717, 1.165) is 6.42 Å². The molecule has 0 aromatic carbocycles. The van der Waals surface area contributed by atoms with Gasteiger partial charge in [-0.05, 0) is 13.3 Å². The highest BCUT2D eigenvalue weighted by Crippen LogP contribution is 2.32. The lowest BCUT2D eigenvalue weighted by atomic mass is 10.0. The lowest BCUT2D eigenvalue weighted by Crippen LogP contribution is -2.35. The molecule has 1 fully saturated rings. The highest BCUT2D eigenvalue weighted by molar-refractivity contribution is 5.69. The van der Waals surface area contributed by atoms with Gasteiger partial charge in [0.25, 0.3) is 0 Å². The number of ether oxygens (including phenoxy) is 1. The first-order chi connectivity index (χ1) is 8.56. The van der Waals surface area contributed by atoms with Gasteiger partial charge in [0.2, 0.25) is 11.6 Å². The summed E-state index contributed by atoms with van der Waals surface area (Å²) in [5.41, 5.74) is 1.55. The minimum absolute atomic E-state index is 0.0278. The van der Waals surface area contributed by atoms with Crippen LogP contribution in [0.15, 0.2) is 6.33 Å². The van der Waals surface area contributed by atoms with Crippen molar-refractivity contribution >= 4 is 17.3 Å². The van der Waals surface area contributed by atoms with Gasteiger partial charge in [-0.25, -0.2) is 15.8 Å². The minimum atomic E-state index is -0.573. The Labute approximate surface area is 103 Å². The van der Waals surface area contributed by atoms with Gasteiger partial charge < -0.3 is 15.5 Å². The molecule has 0 aliphatic carbocycles. The van der Waals surface area contributed by atoms with Gasteiger partial charge in [0.1, 0.15) is 6.33 Å². The quantitative estimate of drug-likeness (QED) is 0.396. The summed E-state index contributed by atoms with van der Waals surface area (Å²) in [6, 6.07) is 0. The Morgan fingerprint density at radius 1 is 1.56 bits per heavy atom. The highest BCUT2D eigenvalue weighted by Gasteiger charge is 2.33. The number of nitrogen functional groups attached to an aromatic ring is 1. The average molecular weight is 254 g/mol. The monoisotopic (exact) mass is 254 g/mol. The molecule has 0 spiro atoms. The number of nitrogens with two attached hydrogens (primary N) is 1. The third-order valence-electron chi connectivity index (χ3n) is 2.78. The van der Waals surface area contributed by atoms with E-state index in [1.807, 2.05) is 6.92 Å². The number of hydrogen-bond acceptors (Lipinski definition) is 8. The molecule has 4 N–H and O–H groups in total. The number of anilines is 2. The van der Waals surface area contributed by atoms with E-state index in [0.29, 0.717) is 13.2 Å². The molecule has 1 atom stereocenters. The maximum Gasteiger partial charge on any atom is 0.354 e. The molecule has 1 unspecified atom stereocenters. The summed E-state index contributed by atoms with van der Waals surface area (Å²) in [5.74, 6) is 5.31. The minimum Gasteiger partial charge on any atom is -0.379 e. The van der Waals surface area contributed by atoms with Gasteiger partial charge in [-0.1, -0.05) is 0 Å². The second kappa shape index (κ2) is 4.70. The number of nitrogens with one attached hydrogen (secondary N) is 2. The van der Waals surface area contributed by atoms with Crippen molar-refractivity contribution in [3.8, 4) is 0 Å². The molecule has 0 radical (unpaired) electrons. The fraction of sp³-hybridized carbons (Fsp3) is 0.556. The largest absolute Gasteiger partial charge is 0.379 e. The van der Waals surface area contributed by atoms with Crippen LogP contribution in [0.5, 0.6) is 0 Å². The summed E-state index contributed by atoms with van der Waals surface area (Å²) in [6.45, 7) is 3.01. The molecule has 0 amide bonds. The van der Waals surface area contributed by atoms with Crippen LogP contribution >= 0.6 is 0 Å². The van der Waals surface area contributed by atoms with Crippen molar-refractivity contribution in [2.24, 2.45) is 5.84 Å². The normalized spacial score (nSPS) is 22.8. The first-order valence-corrected chi connectivity index (χ1v) is 5.38. The molecule has 1 saturated heterocycles. The standard InChI is InChI=1S/C9H14N6O3/c1-9(2-3-18-4-9)13-7-6(15(16)17)8(14-10)12-5-11-7/h5H,2-4,10H2,1H3,(H2,11,12,13,14). The average Bonchev–Trinajstić information content (AvgIpc) is 2.75. The van der Waals surface area contributed by atoms with Gasteiger partial charge in [0.15, 0.2) is 0 Å². The number of hydrogen-bond donors (Lipinski definition) is 3. The third-order valence-corrected chi connectivity index (χ3v) is 2.78. The third kappa shape index (κ3) is 2.31. The van der Waals surface area contributed by atoms with Crippen molar-refractivity contribution in [3.05, 3.63) is 16.4 Å². The van der Waals surface area contributed by atoms with Crippen molar-refractivity contribution in [3.63, 3.8) is 0 Å².